The molecule has 8 nitrogen and oxygen atoms in total. The van der Waals surface area contributed by atoms with Crippen LogP contribution in [0.4, 0.5) is 4.79 Å². The molecule has 4 amide bonds. The first kappa shape index (κ1) is 23.2. The number of carbonyl (C=O) groups excluding carboxylic acids is 3. The highest BCUT2D eigenvalue weighted by Crippen LogP contribution is 2.20. The Kier molecular flexibility index (Phi) is 10.1. The summed E-state index contributed by atoms with van der Waals surface area (Å²) in [6, 6.07) is -0.807. The van der Waals surface area contributed by atoms with E-state index in [1.807, 2.05) is 0 Å². The van der Waals surface area contributed by atoms with E-state index in [1.54, 1.807) is 10.4 Å². The molecule has 1 saturated heterocycles. The van der Waals surface area contributed by atoms with Crippen molar-refractivity contribution in [3.63, 3.8) is 0 Å². The van der Waals surface area contributed by atoms with Crippen LogP contribution in [0.2, 0.25) is 0 Å². The molecule has 0 radical (unpaired) electrons. The zero-order chi connectivity index (χ0) is 20.4. The molecule has 0 aromatic rings. The molecule has 0 bridgehead atoms. The molecule has 1 heterocycles. The Morgan fingerprint density at radius 1 is 1.15 bits per heavy atom. The minimum absolute atomic E-state index is 0.129. The van der Waals surface area contributed by atoms with E-state index in [-0.39, 0.29) is 18.5 Å². The average molecular weight is 385 g/mol. The number of nitrogens with one attached hydrogen (secondary N) is 2. The number of carbonyl (C=O) groups is 3. The normalized spacial score (nSPS) is 16.7. The predicted octanol–water partition coefficient (Wildman–Crippen LogP) is 1.98. The van der Waals surface area contributed by atoms with Gasteiger partial charge in [-0.05, 0) is 43.9 Å². The molecule has 1 rings (SSSR count). The van der Waals surface area contributed by atoms with E-state index >= 15 is 0 Å². The summed E-state index contributed by atoms with van der Waals surface area (Å²) in [6.07, 6.45) is 3.99. The van der Waals surface area contributed by atoms with Crippen LogP contribution >= 0.6 is 0 Å². The summed E-state index contributed by atoms with van der Waals surface area (Å²) >= 11 is 0. The third kappa shape index (κ3) is 8.15. The summed E-state index contributed by atoms with van der Waals surface area (Å²) in [7, 11) is 0. The largest absolute Gasteiger partial charge is 0.354 e. The van der Waals surface area contributed by atoms with E-state index in [0.717, 1.165) is 25.7 Å². The van der Waals surface area contributed by atoms with Crippen molar-refractivity contribution < 1.29 is 19.6 Å². The maximum absolute atomic E-state index is 13.0. The predicted molar refractivity (Wildman–Crippen MR) is 103 cm³/mol. The van der Waals surface area contributed by atoms with Gasteiger partial charge >= 0.3 is 6.03 Å². The van der Waals surface area contributed by atoms with Crippen molar-refractivity contribution in [1.82, 2.24) is 20.6 Å². The maximum Gasteiger partial charge on any atom is 0.321 e. The van der Waals surface area contributed by atoms with Crippen molar-refractivity contribution in [3.05, 3.63) is 0 Å². The lowest BCUT2D eigenvalue weighted by molar-refractivity contribution is -0.129. The average Bonchev–Trinajstić information content (AvgIpc) is 3.09. The van der Waals surface area contributed by atoms with Gasteiger partial charge in [-0.2, -0.15) is 0 Å². The fraction of sp³-hybridized carbons (Fsp3) is 0.842. The number of likely N-dealkylation sites (tertiary alicyclic amines) is 1. The highest BCUT2D eigenvalue weighted by Gasteiger charge is 2.36. The lowest BCUT2D eigenvalue weighted by Crippen LogP contribution is -2.52. The summed E-state index contributed by atoms with van der Waals surface area (Å²) in [5.74, 6) is 0.236. The Morgan fingerprint density at radius 2 is 1.81 bits per heavy atom. The quantitative estimate of drug-likeness (QED) is 0.396. The standard InChI is InChI=1S/C19H36N4O4/c1-14(2)7-5-11-22(13-17(24)21-27)19(26)23-12-6-8-16(23)18(25)20-10-9-15(3)4/h14-16,27H,5-13H2,1-4H3,(H,20,25)(H,21,24). The number of nitrogens with zero attached hydrogens (tertiary/aromatic N) is 2. The van der Waals surface area contributed by atoms with Crippen LogP contribution in [0.1, 0.15) is 59.8 Å². The third-order valence-electron chi connectivity index (χ3n) is 4.76. The SMILES string of the molecule is CC(C)CCCN(CC(=O)NO)C(=O)N1CCCC1C(=O)NCCC(C)C. The van der Waals surface area contributed by atoms with Gasteiger partial charge in [-0.25, -0.2) is 10.3 Å². The van der Waals surface area contributed by atoms with Gasteiger partial charge in [0.2, 0.25) is 5.91 Å². The molecule has 0 aliphatic carbocycles. The minimum atomic E-state index is -0.634. The van der Waals surface area contributed by atoms with Gasteiger partial charge in [0.15, 0.2) is 0 Å². The molecular formula is C19H36N4O4. The molecule has 3 N–H and O–H groups in total. The van der Waals surface area contributed by atoms with Gasteiger partial charge in [0, 0.05) is 19.6 Å². The molecule has 1 fully saturated rings. The maximum atomic E-state index is 13.0. The second-order valence-corrected chi connectivity index (χ2v) is 8.10. The van der Waals surface area contributed by atoms with Crippen molar-refractivity contribution in [2.45, 2.75) is 65.8 Å². The van der Waals surface area contributed by atoms with Crippen LogP contribution in [0.25, 0.3) is 0 Å². The molecule has 27 heavy (non-hydrogen) atoms. The third-order valence-corrected chi connectivity index (χ3v) is 4.76. The van der Waals surface area contributed by atoms with Gasteiger partial charge in [0.25, 0.3) is 5.91 Å². The number of hydroxylamine groups is 1. The topological polar surface area (TPSA) is 102 Å². The van der Waals surface area contributed by atoms with Crippen molar-refractivity contribution in [1.29, 1.82) is 0 Å². The van der Waals surface area contributed by atoms with Crippen LogP contribution in [0.15, 0.2) is 0 Å². The van der Waals surface area contributed by atoms with E-state index in [2.05, 4.69) is 33.0 Å². The first-order chi connectivity index (χ1) is 12.8. The highest BCUT2D eigenvalue weighted by molar-refractivity contribution is 5.89. The van der Waals surface area contributed by atoms with Gasteiger partial charge < -0.3 is 15.1 Å². The van der Waals surface area contributed by atoms with Gasteiger partial charge in [0.1, 0.15) is 12.6 Å². The number of rotatable bonds is 10. The molecule has 0 saturated carbocycles. The van der Waals surface area contributed by atoms with Gasteiger partial charge in [0.05, 0.1) is 0 Å². The second kappa shape index (κ2) is 11.8. The molecule has 0 aromatic heterocycles. The van der Waals surface area contributed by atoms with E-state index in [1.165, 1.54) is 4.90 Å². The summed E-state index contributed by atoms with van der Waals surface area (Å²) in [6.45, 7) is 9.70. The Balaban J connectivity index is 2.72. The Hall–Kier alpha value is -1.83. The van der Waals surface area contributed by atoms with Gasteiger partial charge in [-0.15, -0.1) is 0 Å². The highest BCUT2D eigenvalue weighted by atomic mass is 16.5. The zero-order valence-corrected chi connectivity index (χ0v) is 17.2. The minimum Gasteiger partial charge on any atom is -0.354 e. The van der Waals surface area contributed by atoms with Crippen LogP contribution in [0, 0.1) is 11.8 Å². The smallest absolute Gasteiger partial charge is 0.321 e. The summed E-state index contributed by atoms with van der Waals surface area (Å²) < 4.78 is 0. The molecule has 156 valence electrons. The molecule has 1 aliphatic rings. The first-order valence-electron chi connectivity index (χ1n) is 10.0. The van der Waals surface area contributed by atoms with Gasteiger partial charge in [-0.3, -0.25) is 14.8 Å². The lowest BCUT2D eigenvalue weighted by atomic mass is 10.1. The number of amides is 4. The second-order valence-electron chi connectivity index (χ2n) is 8.10. The molecular weight excluding hydrogens is 348 g/mol. The van der Waals surface area contributed by atoms with Crippen molar-refractivity contribution in [2.24, 2.45) is 11.8 Å². The summed E-state index contributed by atoms with van der Waals surface area (Å²) in [5, 5.41) is 11.7. The lowest BCUT2D eigenvalue weighted by Gasteiger charge is -2.31. The molecule has 1 aliphatic heterocycles. The van der Waals surface area contributed by atoms with Crippen LogP contribution in [0.3, 0.4) is 0 Å². The van der Waals surface area contributed by atoms with Crippen LogP contribution in [-0.2, 0) is 9.59 Å². The van der Waals surface area contributed by atoms with Crippen LogP contribution < -0.4 is 10.8 Å². The zero-order valence-electron chi connectivity index (χ0n) is 17.2. The van der Waals surface area contributed by atoms with E-state index in [0.29, 0.717) is 37.9 Å². The Labute approximate surface area is 162 Å². The van der Waals surface area contributed by atoms with Crippen molar-refractivity contribution >= 4 is 17.8 Å². The number of urea groups is 1. The molecule has 0 spiro atoms. The molecule has 0 aromatic carbocycles. The fourth-order valence-corrected chi connectivity index (χ4v) is 3.19. The summed E-state index contributed by atoms with van der Waals surface area (Å²) in [4.78, 5) is 40.1. The first-order valence-corrected chi connectivity index (χ1v) is 10.0. The van der Waals surface area contributed by atoms with Crippen LogP contribution in [-0.4, -0.2) is 65.1 Å². The van der Waals surface area contributed by atoms with E-state index in [4.69, 9.17) is 5.21 Å². The number of hydrogen-bond donors (Lipinski definition) is 3. The number of hydrogen-bond acceptors (Lipinski definition) is 4. The van der Waals surface area contributed by atoms with Gasteiger partial charge in [-0.1, -0.05) is 27.7 Å². The Bertz CT molecular complexity index is 496. The molecule has 1 atom stereocenters. The fourth-order valence-electron chi connectivity index (χ4n) is 3.19. The van der Waals surface area contributed by atoms with Crippen molar-refractivity contribution in [2.75, 3.05) is 26.2 Å². The van der Waals surface area contributed by atoms with Crippen LogP contribution in [0.5, 0.6) is 0 Å². The van der Waals surface area contributed by atoms with Crippen molar-refractivity contribution in [3.8, 4) is 0 Å². The molecule has 1 unspecified atom stereocenters. The monoisotopic (exact) mass is 384 g/mol. The van der Waals surface area contributed by atoms with E-state index < -0.39 is 11.9 Å². The van der Waals surface area contributed by atoms with E-state index in [9.17, 15) is 14.4 Å². The Morgan fingerprint density at radius 3 is 2.41 bits per heavy atom. The molecule has 8 heteroatoms. The summed E-state index contributed by atoms with van der Waals surface area (Å²) in [5.41, 5.74) is 1.58.